The van der Waals surface area contributed by atoms with Gasteiger partial charge in [0.1, 0.15) is 23.9 Å². The summed E-state index contributed by atoms with van der Waals surface area (Å²) in [5.41, 5.74) is 4.26. The van der Waals surface area contributed by atoms with E-state index in [9.17, 15) is 4.79 Å². The molecule has 0 saturated carbocycles. The first-order valence-corrected chi connectivity index (χ1v) is 11.2. The highest BCUT2D eigenvalue weighted by molar-refractivity contribution is 6.04. The number of anilines is 1. The molecule has 0 aliphatic rings. The van der Waals surface area contributed by atoms with Gasteiger partial charge in [0.15, 0.2) is 0 Å². The van der Waals surface area contributed by atoms with Gasteiger partial charge in [-0.05, 0) is 60.5 Å². The van der Waals surface area contributed by atoms with Crippen molar-refractivity contribution in [3.8, 4) is 28.4 Å². The van der Waals surface area contributed by atoms with Crippen LogP contribution in [0.2, 0.25) is 0 Å². The van der Waals surface area contributed by atoms with E-state index in [0.717, 1.165) is 22.4 Å². The fraction of sp³-hybridized carbons (Fsp3) is 0.138. The molecular weight excluding hydrogens is 426 g/mol. The SMILES string of the molecule is CCOc1ccc(C(=O)Nc2cccc(OC)c2)cc1COc1ccc(-c2ccccc2)cc1. The molecule has 5 nitrogen and oxygen atoms in total. The van der Waals surface area contributed by atoms with Gasteiger partial charge in [0, 0.05) is 22.9 Å². The second kappa shape index (κ2) is 11.1. The minimum absolute atomic E-state index is 0.218. The Labute approximate surface area is 199 Å². The lowest BCUT2D eigenvalue weighted by molar-refractivity contribution is 0.102. The smallest absolute Gasteiger partial charge is 0.255 e. The standard InChI is InChI=1S/C29H27NO4/c1-3-33-28-17-14-23(29(31)30-25-10-7-11-27(19-25)32-2)18-24(28)20-34-26-15-12-22(13-16-26)21-8-5-4-6-9-21/h4-19H,3,20H2,1-2H3,(H,30,31). The molecule has 0 heterocycles. The maximum absolute atomic E-state index is 12.8. The quantitative estimate of drug-likeness (QED) is 0.310. The summed E-state index contributed by atoms with van der Waals surface area (Å²) in [5, 5.41) is 2.91. The zero-order valence-corrected chi connectivity index (χ0v) is 19.3. The van der Waals surface area contributed by atoms with Crippen molar-refractivity contribution in [1.82, 2.24) is 0 Å². The van der Waals surface area contributed by atoms with Crippen LogP contribution in [-0.4, -0.2) is 19.6 Å². The zero-order chi connectivity index (χ0) is 23.8. The van der Waals surface area contributed by atoms with Crippen LogP contribution in [0.15, 0.2) is 97.1 Å². The number of carbonyl (C=O) groups excluding carboxylic acids is 1. The molecule has 1 N–H and O–H groups in total. The highest BCUT2D eigenvalue weighted by Gasteiger charge is 2.12. The Balaban J connectivity index is 1.48. The second-order valence-electron chi connectivity index (χ2n) is 7.62. The van der Waals surface area contributed by atoms with E-state index >= 15 is 0 Å². The normalized spacial score (nSPS) is 10.4. The monoisotopic (exact) mass is 453 g/mol. The number of nitrogens with one attached hydrogen (secondary N) is 1. The lowest BCUT2D eigenvalue weighted by atomic mass is 10.1. The Bertz CT molecular complexity index is 1240. The van der Waals surface area contributed by atoms with Crippen LogP contribution in [0.5, 0.6) is 17.2 Å². The molecule has 0 unspecified atom stereocenters. The third-order valence-electron chi connectivity index (χ3n) is 5.31. The molecule has 34 heavy (non-hydrogen) atoms. The Kier molecular flexibility index (Phi) is 7.45. The van der Waals surface area contributed by atoms with Crippen molar-refractivity contribution in [3.63, 3.8) is 0 Å². The lowest BCUT2D eigenvalue weighted by Gasteiger charge is -2.14. The van der Waals surface area contributed by atoms with Crippen LogP contribution >= 0.6 is 0 Å². The first-order chi connectivity index (χ1) is 16.7. The number of hydrogen-bond donors (Lipinski definition) is 1. The Morgan fingerprint density at radius 1 is 0.765 bits per heavy atom. The number of ether oxygens (including phenoxy) is 3. The van der Waals surface area contributed by atoms with Crippen LogP contribution in [0.3, 0.4) is 0 Å². The van der Waals surface area contributed by atoms with E-state index in [4.69, 9.17) is 14.2 Å². The largest absolute Gasteiger partial charge is 0.497 e. The molecule has 0 saturated heterocycles. The summed E-state index contributed by atoms with van der Waals surface area (Å²) in [6.45, 7) is 2.73. The molecule has 0 aromatic heterocycles. The van der Waals surface area contributed by atoms with E-state index in [0.29, 0.717) is 29.4 Å². The van der Waals surface area contributed by atoms with Crippen LogP contribution in [0.4, 0.5) is 5.69 Å². The number of benzene rings is 4. The van der Waals surface area contributed by atoms with E-state index in [-0.39, 0.29) is 12.5 Å². The van der Waals surface area contributed by atoms with Crippen molar-refractivity contribution in [2.75, 3.05) is 19.0 Å². The summed E-state index contributed by atoms with van der Waals surface area (Å²) in [4.78, 5) is 12.8. The van der Waals surface area contributed by atoms with Crippen molar-refractivity contribution in [1.29, 1.82) is 0 Å². The molecule has 5 heteroatoms. The van der Waals surface area contributed by atoms with E-state index in [1.165, 1.54) is 0 Å². The highest BCUT2D eigenvalue weighted by atomic mass is 16.5. The van der Waals surface area contributed by atoms with Gasteiger partial charge < -0.3 is 19.5 Å². The van der Waals surface area contributed by atoms with Gasteiger partial charge in [0.05, 0.1) is 13.7 Å². The van der Waals surface area contributed by atoms with Crippen molar-refractivity contribution < 1.29 is 19.0 Å². The Morgan fingerprint density at radius 2 is 1.53 bits per heavy atom. The van der Waals surface area contributed by atoms with Gasteiger partial charge >= 0.3 is 0 Å². The summed E-state index contributed by atoms with van der Waals surface area (Å²) in [6.07, 6.45) is 0. The van der Waals surface area contributed by atoms with Crippen LogP contribution in [0.25, 0.3) is 11.1 Å². The molecule has 0 aliphatic heterocycles. The maximum Gasteiger partial charge on any atom is 0.255 e. The first kappa shape index (κ1) is 22.9. The average Bonchev–Trinajstić information content (AvgIpc) is 2.89. The van der Waals surface area contributed by atoms with Crippen molar-refractivity contribution in [2.24, 2.45) is 0 Å². The van der Waals surface area contributed by atoms with Crippen molar-refractivity contribution in [2.45, 2.75) is 13.5 Å². The predicted octanol–water partition coefficient (Wildman–Crippen LogP) is 6.59. The third kappa shape index (κ3) is 5.75. The lowest BCUT2D eigenvalue weighted by Crippen LogP contribution is -2.13. The number of amides is 1. The van der Waals surface area contributed by atoms with Gasteiger partial charge in [-0.2, -0.15) is 0 Å². The molecule has 0 spiro atoms. The molecule has 0 radical (unpaired) electrons. The van der Waals surface area contributed by atoms with Gasteiger partial charge in [-0.25, -0.2) is 0 Å². The average molecular weight is 454 g/mol. The van der Waals surface area contributed by atoms with Crippen molar-refractivity contribution in [3.05, 3.63) is 108 Å². The maximum atomic E-state index is 12.8. The topological polar surface area (TPSA) is 56.8 Å². The summed E-state index contributed by atoms with van der Waals surface area (Å²) in [7, 11) is 1.59. The van der Waals surface area contributed by atoms with E-state index in [1.807, 2.05) is 67.6 Å². The van der Waals surface area contributed by atoms with E-state index < -0.39 is 0 Å². The predicted molar refractivity (Wildman–Crippen MR) is 135 cm³/mol. The summed E-state index contributed by atoms with van der Waals surface area (Å²) < 4.78 is 17.0. The van der Waals surface area contributed by atoms with Crippen LogP contribution in [-0.2, 0) is 6.61 Å². The van der Waals surface area contributed by atoms with Gasteiger partial charge in [0.2, 0.25) is 0 Å². The highest BCUT2D eigenvalue weighted by Crippen LogP contribution is 2.26. The Hall–Kier alpha value is -4.25. The molecular formula is C29H27NO4. The van der Waals surface area contributed by atoms with Crippen LogP contribution in [0.1, 0.15) is 22.8 Å². The summed E-state index contributed by atoms with van der Waals surface area (Å²) in [6, 6.07) is 30.8. The molecule has 0 aliphatic carbocycles. The summed E-state index contributed by atoms with van der Waals surface area (Å²) in [5.74, 6) is 1.90. The molecule has 1 amide bonds. The van der Waals surface area contributed by atoms with E-state index in [1.54, 1.807) is 31.4 Å². The minimum atomic E-state index is -0.218. The molecule has 4 rings (SSSR count). The third-order valence-corrected chi connectivity index (χ3v) is 5.31. The van der Waals surface area contributed by atoms with Gasteiger partial charge in [0.25, 0.3) is 5.91 Å². The fourth-order valence-electron chi connectivity index (χ4n) is 3.57. The first-order valence-electron chi connectivity index (χ1n) is 11.2. The van der Waals surface area contributed by atoms with Crippen molar-refractivity contribution >= 4 is 11.6 Å². The molecule has 4 aromatic carbocycles. The fourth-order valence-corrected chi connectivity index (χ4v) is 3.57. The number of carbonyl (C=O) groups is 1. The minimum Gasteiger partial charge on any atom is -0.497 e. The zero-order valence-electron chi connectivity index (χ0n) is 19.3. The molecule has 172 valence electrons. The molecule has 0 fully saturated rings. The van der Waals surface area contributed by atoms with Gasteiger partial charge in [-0.15, -0.1) is 0 Å². The second-order valence-corrected chi connectivity index (χ2v) is 7.62. The van der Waals surface area contributed by atoms with Gasteiger partial charge in [-0.1, -0.05) is 48.5 Å². The number of rotatable bonds is 9. The number of methoxy groups -OCH3 is 1. The van der Waals surface area contributed by atoms with Crippen LogP contribution < -0.4 is 19.5 Å². The Morgan fingerprint density at radius 3 is 2.26 bits per heavy atom. The van der Waals surface area contributed by atoms with Gasteiger partial charge in [-0.3, -0.25) is 4.79 Å². The number of hydrogen-bond acceptors (Lipinski definition) is 4. The molecule has 0 atom stereocenters. The van der Waals surface area contributed by atoms with E-state index in [2.05, 4.69) is 17.4 Å². The van der Waals surface area contributed by atoms with Crippen LogP contribution in [0, 0.1) is 0 Å². The molecule has 0 bridgehead atoms. The summed E-state index contributed by atoms with van der Waals surface area (Å²) >= 11 is 0. The molecule has 4 aromatic rings.